The molecule has 41 heavy (non-hydrogen) atoms. The van der Waals surface area contributed by atoms with Gasteiger partial charge in [-0.25, -0.2) is 22.7 Å². The molecule has 1 amide bonds. The molecule has 0 bridgehead atoms. The van der Waals surface area contributed by atoms with Gasteiger partial charge in [-0.15, -0.1) is 0 Å². The van der Waals surface area contributed by atoms with Crippen molar-refractivity contribution in [2.75, 3.05) is 60.3 Å². The highest BCUT2D eigenvalue weighted by Crippen LogP contribution is 2.39. The highest BCUT2D eigenvalue weighted by Gasteiger charge is 2.31. The summed E-state index contributed by atoms with van der Waals surface area (Å²) in [6, 6.07) is 10.9. The molecule has 14 heteroatoms. The van der Waals surface area contributed by atoms with Crippen molar-refractivity contribution in [3.63, 3.8) is 0 Å². The van der Waals surface area contributed by atoms with Crippen LogP contribution in [0.2, 0.25) is 10.0 Å². The Bertz CT molecular complexity index is 1560. The first-order valence-corrected chi connectivity index (χ1v) is 16.7. The number of para-hydroxylation sites is 1. The SMILES string of the molecule is O=C1c2cnc(Nc3ccc(N4CCNCC4)c(CS(=O)(=O)N4CCCC4)c3)nc2SCN1c1c(Cl)cccc1Cl. The van der Waals surface area contributed by atoms with Gasteiger partial charge in [-0.05, 0) is 48.7 Å². The van der Waals surface area contributed by atoms with Gasteiger partial charge in [0.25, 0.3) is 5.91 Å². The summed E-state index contributed by atoms with van der Waals surface area (Å²) < 4.78 is 28.1. The van der Waals surface area contributed by atoms with Crippen molar-refractivity contribution in [2.45, 2.75) is 23.6 Å². The maximum Gasteiger partial charge on any atom is 0.263 e. The summed E-state index contributed by atoms with van der Waals surface area (Å²) in [4.78, 5) is 26.0. The number of aromatic nitrogens is 2. The van der Waals surface area contributed by atoms with Crippen LogP contribution in [-0.2, 0) is 15.8 Å². The Hall–Kier alpha value is -2.61. The van der Waals surface area contributed by atoms with Gasteiger partial charge in [0.05, 0.1) is 32.9 Å². The lowest BCUT2D eigenvalue weighted by molar-refractivity contribution is 0.0985. The Labute approximate surface area is 253 Å². The molecule has 4 heterocycles. The van der Waals surface area contributed by atoms with Gasteiger partial charge >= 0.3 is 0 Å². The molecule has 216 valence electrons. The largest absolute Gasteiger partial charge is 0.369 e. The fourth-order valence-electron chi connectivity index (χ4n) is 5.30. The van der Waals surface area contributed by atoms with Crippen molar-refractivity contribution in [3.8, 4) is 0 Å². The zero-order valence-electron chi connectivity index (χ0n) is 22.1. The monoisotopic (exact) mass is 633 g/mol. The van der Waals surface area contributed by atoms with E-state index in [-0.39, 0.29) is 11.7 Å². The molecule has 0 spiro atoms. The Balaban J connectivity index is 1.26. The number of hydrogen-bond acceptors (Lipinski definition) is 9. The van der Waals surface area contributed by atoms with E-state index in [4.69, 9.17) is 23.2 Å². The average Bonchev–Trinajstić information content (AvgIpc) is 3.51. The molecule has 0 aliphatic carbocycles. The third-order valence-corrected chi connectivity index (χ3v) is 10.8. The average molecular weight is 635 g/mol. The minimum atomic E-state index is -3.45. The number of piperazine rings is 1. The third-order valence-electron chi connectivity index (χ3n) is 7.36. The number of hydrogen-bond donors (Lipinski definition) is 2. The summed E-state index contributed by atoms with van der Waals surface area (Å²) in [5.74, 6) is 0.257. The Morgan fingerprint density at radius 3 is 2.49 bits per heavy atom. The molecule has 0 atom stereocenters. The Morgan fingerprint density at radius 2 is 1.76 bits per heavy atom. The van der Waals surface area contributed by atoms with Crippen molar-refractivity contribution < 1.29 is 13.2 Å². The Kier molecular flexibility index (Phi) is 8.30. The van der Waals surface area contributed by atoms with Crippen LogP contribution in [0.1, 0.15) is 28.8 Å². The van der Waals surface area contributed by atoms with E-state index >= 15 is 0 Å². The van der Waals surface area contributed by atoms with Gasteiger partial charge in [-0.2, -0.15) is 0 Å². The number of thioether (sulfide) groups is 1. The molecular formula is C27H29Cl2N7O3S2. The lowest BCUT2D eigenvalue weighted by Gasteiger charge is -2.31. The first kappa shape index (κ1) is 28.5. The van der Waals surface area contributed by atoms with Gasteiger partial charge < -0.3 is 15.5 Å². The van der Waals surface area contributed by atoms with Crippen molar-refractivity contribution in [1.82, 2.24) is 19.6 Å². The van der Waals surface area contributed by atoms with Crippen LogP contribution in [0.3, 0.4) is 0 Å². The number of rotatable bonds is 7. The molecule has 0 saturated carbocycles. The first-order valence-electron chi connectivity index (χ1n) is 13.4. The molecule has 0 radical (unpaired) electrons. The highest BCUT2D eigenvalue weighted by molar-refractivity contribution is 7.99. The van der Waals surface area contributed by atoms with Crippen molar-refractivity contribution in [1.29, 1.82) is 0 Å². The van der Waals surface area contributed by atoms with E-state index < -0.39 is 10.0 Å². The molecule has 10 nitrogen and oxygen atoms in total. The lowest BCUT2D eigenvalue weighted by atomic mass is 10.1. The first-order chi connectivity index (χ1) is 19.8. The van der Waals surface area contributed by atoms with Crippen LogP contribution in [0.4, 0.5) is 23.0 Å². The molecule has 3 aromatic rings. The molecular weight excluding hydrogens is 605 g/mol. The number of carbonyl (C=O) groups is 1. The van der Waals surface area contributed by atoms with E-state index in [1.165, 1.54) is 22.9 Å². The standard InChI is InChI=1S/C27H29Cl2N7O3S2/c28-21-4-3-5-22(29)24(21)36-17-40-25-20(26(36)37)15-31-27(33-25)32-19-6-7-23(34-12-8-30-9-13-34)18(14-19)16-41(38,39)35-10-1-2-11-35/h3-7,14-15,30H,1-2,8-13,16-17H2,(H,31,32,33). The number of nitrogens with zero attached hydrogens (tertiary/aromatic N) is 5. The van der Waals surface area contributed by atoms with Gasteiger partial charge in [-0.1, -0.05) is 41.0 Å². The minimum absolute atomic E-state index is 0.0718. The number of benzene rings is 2. The van der Waals surface area contributed by atoms with Crippen molar-refractivity contribution >= 4 is 73.9 Å². The van der Waals surface area contributed by atoms with E-state index in [9.17, 15) is 13.2 Å². The number of anilines is 4. The summed E-state index contributed by atoms with van der Waals surface area (Å²) in [5, 5.41) is 7.88. The molecule has 6 rings (SSSR count). The lowest BCUT2D eigenvalue weighted by Crippen LogP contribution is -2.44. The number of amides is 1. The summed E-state index contributed by atoms with van der Waals surface area (Å²) in [6.45, 7) is 4.44. The van der Waals surface area contributed by atoms with Crippen LogP contribution in [0.15, 0.2) is 47.6 Å². The van der Waals surface area contributed by atoms with Gasteiger partial charge in [0.15, 0.2) is 0 Å². The van der Waals surface area contributed by atoms with Crippen LogP contribution in [-0.4, -0.2) is 73.7 Å². The molecule has 2 saturated heterocycles. The van der Waals surface area contributed by atoms with Crippen LogP contribution in [0.5, 0.6) is 0 Å². The van der Waals surface area contributed by atoms with Crippen LogP contribution in [0.25, 0.3) is 0 Å². The smallest absolute Gasteiger partial charge is 0.263 e. The molecule has 2 aromatic carbocycles. The van der Waals surface area contributed by atoms with Crippen molar-refractivity contribution in [2.24, 2.45) is 0 Å². The number of carbonyl (C=O) groups excluding carboxylic acids is 1. The molecule has 2 N–H and O–H groups in total. The summed E-state index contributed by atoms with van der Waals surface area (Å²) in [6.07, 6.45) is 3.28. The van der Waals surface area contributed by atoms with E-state index in [1.54, 1.807) is 22.5 Å². The van der Waals surface area contributed by atoms with Gasteiger partial charge in [0.2, 0.25) is 16.0 Å². The van der Waals surface area contributed by atoms with Crippen LogP contribution >= 0.6 is 35.0 Å². The second kappa shape index (κ2) is 11.9. The highest BCUT2D eigenvalue weighted by atomic mass is 35.5. The molecule has 2 fully saturated rings. The van der Waals surface area contributed by atoms with E-state index in [1.807, 2.05) is 18.2 Å². The normalized spacial score (nSPS) is 18.0. The van der Waals surface area contributed by atoms with Gasteiger partial charge in [-0.3, -0.25) is 9.69 Å². The van der Waals surface area contributed by atoms with Crippen LogP contribution in [0, 0.1) is 0 Å². The number of fused-ring (bicyclic) bond motifs is 1. The molecule has 3 aliphatic rings. The van der Waals surface area contributed by atoms with Crippen LogP contribution < -0.4 is 20.4 Å². The predicted molar refractivity (Wildman–Crippen MR) is 164 cm³/mol. The summed E-state index contributed by atoms with van der Waals surface area (Å²) in [5.41, 5.74) is 3.15. The quantitative estimate of drug-likeness (QED) is 0.361. The second-order valence-electron chi connectivity index (χ2n) is 10.1. The third kappa shape index (κ3) is 5.99. The number of nitrogens with one attached hydrogen (secondary N) is 2. The fraction of sp³-hybridized carbons (Fsp3) is 0.370. The number of halogens is 2. The second-order valence-corrected chi connectivity index (χ2v) is 13.8. The van der Waals surface area contributed by atoms with E-state index in [2.05, 4.69) is 25.5 Å². The predicted octanol–water partition coefficient (Wildman–Crippen LogP) is 4.57. The van der Waals surface area contributed by atoms with E-state index in [0.717, 1.165) is 50.3 Å². The molecule has 0 unspecified atom stereocenters. The van der Waals surface area contributed by atoms with Gasteiger partial charge in [0, 0.05) is 56.8 Å². The van der Waals surface area contributed by atoms with Crippen molar-refractivity contribution in [3.05, 3.63) is 63.8 Å². The zero-order chi connectivity index (χ0) is 28.6. The minimum Gasteiger partial charge on any atom is -0.369 e. The van der Waals surface area contributed by atoms with Gasteiger partial charge in [0.1, 0.15) is 5.03 Å². The van der Waals surface area contributed by atoms with E-state index in [0.29, 0.717) is 56.9 Å². The zero-order valence-corrected chi connectivity index (χ0v) is 25.3. The summed E-state index contributed by atoms with van der Waals surface area (Å²) in [7, 11) is -3.45. The molecule has 1 aromatic heterocycles. The maximum atomic E-state index is 13.3. The maximum absolute atomic E-state index is 13.3. The topological polar surface area (TPSA) is 111 Å². The Morgan fingerprint density at radius 1 is 1.02 bits per heavy atom. The summed E-state index contributed by atoms with van der Waals surface area (Å²) >= 11 is 14.1. The number of sulfonamides is 1. The fourth-order valence-corrected chi connectivity index (χ4v) is 8.47. The molecule has 3 aliphatic heterocycles.